The number of carbonyl (C=O) groups excluding carboxylic acids is 1. The summed E-state index contributed by atoms with van der Waals surface area (Å²) < 4.78 is 29.8. The van der Waals surface area contributed by atoms with Crippen LogP contribution >= 0.6 is 27.3 Å². The molecule has 2 heterocycles. The Kier molecular flexibility index (Phi) is 9.02. The molecule has 208 valence electrons. The Bertz CT molecular complexity index is 1720. The standard InChI is InChI=1S/C29H27BrN2O7S/c1-7-11-39-20-10-9-17(12-21(20)35-4)13-24-27(33)32-26(18-14-22(36-5)23(37-6)15-19(18)30)25(28(34)38-8-2)16(3)31-29(32)40-24/h1,9-10,12-15,26H,8,11H2,2-6H3/b24-13-/t26-/m1/s1. The van der Waals surface area contributed by atoms with Gasteiger partial charge in [-0.15, -0.1) is 6.42 Å². The lowest BCUT2D eigenvalue weighted by Gasteiger charge is -2.26. The lowest BCUT2D eigenvalue weighted by Crippen LogP contribution is -2.40. The quantitative estimate of drug-likeness (QED) is 0.264. The van der Waals surface area contributed by atoms with Crippen molar-refractivity contribution in [3.63, 3.8) is 0 Å². The first-order valence-corrected chi connectivity index (χ1v) is 13.7. The van der Waals surface area contributed by atoms with E-state index in [0.717, 1.165) is 0 Å². The average molecular weight is 628 g/mol. The molecular weight excluding hydrogens is 600 g/mol. The summed E-state index contributed by atoms with van der Waals surface area (Å²) >= 11 is 4.81. The molecule has 0 fully saturated rings. The summed E-state index contributed by atoms with van der Waals surface area (Å²) in [6.45, 7) is 3.72. The number of terminal acetylenes is 1. The molecule has 0 N–H and O–H groups in total. The summed E-state index contributed by atoms with van der Waals surface area (Å²) in [4.78, 5) is 32.2. The van der Waals surface area contributed by atoms with Crippen LogP contribution in [0.25, 0.3) is 6.08 Å². The SMILES string of the molecule is C#CCOc1ccc(/C=c2\sc3n(c2=O)[C@H](c2cc(OC)c(OC)cc2Br)C(C(=O)OCC)=C(C)N=3)cc1OC. The van der Waals surface area contributed by atoms with E-state index < -0.39 is 12.0 Å². The van der Waals surface area contributed by atoms with Crippen LogP contribution < -0.4 is 33.8 Å². The first-order valence-electron chi connectivity index (χ1n) is 12.1. The van der Waals surface area contributed by atoms with E-state index in [4.69, 9.17) is 30.1 Å². The lowest BCUT2D eigenvalue weighted by molar-refractivity contribution is -0.139. The molecule has 0 spiro atoms. The molecule has 1 atom stereocenters. The van der Waals surface area contributed by atoms with Gasteiger partial charge in [0.2, 0.25) is 0 Å². The number of methoxy groups -OCH3 is 3. The van der Waals surface area contributed by atoms with E-state index in [1.807, 2.05) is 0 Å². The fourth-order valence-corrected chi connectivity index (χ4v) is 5.92. The van der Waals surface area contributed by atoms with E-state index in [1.165, 1.54) is 37.2 Å². The molecule has 2 aromatic carbocycles. The fraction of sp³-hybridized carbons (Fsp3) is 0.276. The van der Waals surface area contributed by atoms with Crippen molar-refractivity contribution in [2.45, 2.75) is 19.9 Å². The number of carbonyl (C=O) groups is 1. The third-order valence-electron chi connectivity index (χ3n) is 6.11. The lowest BCUT2D eigenvalue weighted by atomic mass is 9.95. The first kappa shape index (κ1) is 29.0. The molecule has 0 unspecified atom stereocenters. The number of hydrogen-bond acceptors (Lipinski definition) is 9. The summed E-state index contributed by atoms with van der Waals surface area (Å²) in [5, 5.41) is 0. The minimum atomic E-state index is -0.833. The highest BCUT2D eigenvalue weighted by atomic mass is 79.9. The minimum absolute atomic E-state index is 0.0994. The number of fused-ring (bicyclic) bond motifs is 1. The van der Waals surface area contributed by atoms with Gasteiger partial charge >= 0.3 is 5.97 Å². The third kappa shape index (κ3) is 5.50. The third-order valence-corrected chi connectivity index (χ3v) is 7.78. The molecular formula is C29H27BrN2O7S. The molecule has 40 heavy (non-hydrogen) atoms. The molecule has 0 saturated carbocycles. The zero-order valence-corrected chi connectivity index (χ0v) is 25.0. The van der Waals surface area contributed by atoms with Gasteiger partial charge in [0.15, 0.2) is 27.8 Å². The fourth-order valence-electron chi connectivity index (χ4n) is 4.33. The van der Waals surface area contributed by atoms with Crippen LogP contribution in [0.1, 0.15) is 31.0 Å². The number of nitrogens with zero attached hydrogens (tertiary/aromatic N) is 2. The summed E-state index contributed by atoms with van der Waals surface area (Å²) in [6, 6.07) is 7.92. The Hall–Kier alpha value is -4.01. The van der Waals surface area contributed by atoms with Gasteiger partial charge in [0.1, 0.15) is 6.61 Å². The van der Waals surface area contributed by atoms with Crippen LogP contribution in [0.4, 0.5) is 0 Å². The van der Waals surface area contributed by atoms with Crippen LogP contribution in [0.2, 0.25) is 0 Å². The predicted molar refractivity (Wildman–Crippen MR) is 155 cm³/mol. The van der Waals surface area contributed by atoms with Gasteiger partial charge in [-0.3, -0.25) is 9.36 Å². The highest BCUT2D eigenvalue weighted by Gasteiger charge is 2.35. The highest BCUT2D eigenvalue weighted by Crippen LogP contribution is 2.40. The van der Waals surface area contributed by atoms with Gasteiger partial charge in [0.25, 0.3) is 5.56 Å². The maximum absolute atomic E-state index is 13.9. The van der Waals surface area contributed by atoms with E-state index in [2.05, 4.69) is 26.8 Å². The number of halogens is 1. The van der Waals surface area contributed by atoms with Gasteiger partial charge in [-0.05, 0) is 55.3 Å². The number of aromatic nitrogens is 1. The van der Waals surface area contributed by atoms with Crippen LogP contribution in [-0.4, -0.2) is 45.1 Å². The molecule has 1 aliphatic rings. The van der Waals surface area contributed by atoms with Crippen molar-refractivity contribution in [1.29, 1.82) is 0 Å². The monoisotopic (exact) mass is 626 g/mol. The van der Waals surface area contributed by atoms with Gasteiger partial charge in [-0.2, -0.15) is 0 Å². The summed E-state index contributed by atoms with van der Waals surface area (Å²) in [5.74, 6) is 3.77. The summed E-state index contributed by atoms with van der Waals surface area (Å²) in [5.41, 5.74) is 1.70. The van der Waals surface area contributed by atoms with Crippen LogP contribution in [0.3, 0.4) is 0 Å². The van der Waals surface area contributed by atoms with Crippen LogP contribution in [0, 0.1) is 12.3 Å². The van der Waals surface area contributed by atoms with E-state index in [1.54, 1.807) is 50.3 Å². The van der Waals surface area contributed by atoms with E-state index in [-0.39, 0.29) is 24.3 Å². The number of allylic oxidation sites excluding steroid dienone is 1. The molecule has 3 aromatic rings. The molecule has 0 saturated heterocycles. The maximum Gasteiger partial charge on any atom is 0.338 e. The molecule has 0 bridgehead atoms. The van der Waals surface area contributed by atoms with Crippen LogP contribution in [0.15, 0.2) is 55.9 Å². The first-order chi connectivity index (χ1) is 19.3. The molecule has 0 radical (unpaired) electrons. The van der Waals surface area contributed by atoms with Crippen molar-refractivity contribution in [2.24, 2.45) is 4.99 Å². The second kappa shape index (κ2) is 12.4. The van der Waals surface area contributed by atoms with Crippen molar-refractivity contribution in [2.75, 3.05) is 34.5 Å². The van der Waals surface area contributed by atoms with Crippen molar-refractivity contribution in [1.82, 2.24) is 4.57 Å². The normalized spacial score (nSPS) is 14.6. The Balaban J connectivity index is 1.94. The van der Waals surface area contributed by atoms with Crippen molar-refractivity contribution in [3.05, 3.63) is 76.9 Å². The minimum Gasteiger partial charge on any atom is -0.493 e. The van der Waals surface area contributed by atoms with Gasteiger partial charge < -0.3 is 23.7 Å². The Morgan fingerprint density at radius 3 is 2.45 bits per heavy atom. The van der Waals surface area contributed by atoms with Crippen molar-refractivity contribution < 1.29 is 28.5 Å². The Morgan fingerprint density at radius 2 is 1.80 bits per heavy atom. The maximum atomic E-state index is 13.9. The highest BCUT2D eigenvalue weighted by molar-refractivity contribution is 9.10. The summed E-state index contributed by atoms with van der Waals surface area (Å²) in [6.07, 6.45) is 7.04. The van der Waals surface area contributed by atoms with E-state index >= 15 is 0 Å². The van der Waals surface area contributed by atoms with Gasteiger partial charge in [-0.25, -0.2) is 9.79 Å². The topological polar surface area (TPSA) is 97.6 Å². The zero-order valence-electron chi connectivity index (χ0n) is 22.6. The van der Waals surface area contributed by atoms with Crippen molar-refractivity contribution in [3.8, 4) is 35.3 Å². The number of ether oxygens (including phenoxy) is 5. The Morgan fingerprint density at radius 1 is 1.12 bits per heavy atom. The largest absolute Gasteiger partial charge is 0.493 e. The van der Waals surface area contributed by atoms with Gasteiger partial charge in [0.05, 0.1) is 49.8 Å². The molecule has 9 nitrogen and oxygen atoms in total. The van der Waals surface area contributed by atoms with E-state index in [9.17, 15) is 9.59 Å². The number of hydrogen-bond donors (Lipinski definition) is 0. The number of thiazole rings is 1. The smallest absolute Gasteiger partial charge is 0.338 e. The molecule has 1 aliphatic heterocycles. The summed E-state index contributed by atoms with van der Waals surface area (Å²) in [7, 11) is 4.58. The van der Waals surface area contributed by atoms with Gasteiger partial charge in [0, 0.05) is 4.47 Å². The number of rotatable bonds is 9. The molecule has 0 aliphatic carbocycles. The zero-order chi connectivity index (χ0) is 29.0. The molecule has 4 rings (SSSR count). The number of esters is 1. The van der Waals surface area contributed by atoms with Crippen LogP contribution in [0.5, 0.6) is 23.0 Å². The van der Waals surface area contributed by atoms with Crippen molar-refractivity contribution >= 4 is 39.3 Å². The number of benzene rings is 2. The second-order valence-corrected chi connectivity index (χ2v) is 10.3. The van der Waals surface area contributed by atoms with E-state index in [0.29, 0.717) is 53.6 Å². The molecule has 0 amide bonds. The molecule has 1 aromatic heterocycles. The predicted octanol–water partition coefficient (Wildman–Crippen LogP) is 3.60. The second-order valence-electron chi connectivity index (χ2n) is 8.43. The Labute approximate surface area is 243 Å². The van der Waals surface area contributed by atoms with Gasteiger partial charge in [-0.1, -0.05) is 39.3 Å². The van der Waals surface area contributed by atoms with Crippen LogP contribution in [-0.2, 0) is 9.53 Å². The molecule has 11 heteroatoms. The average Bonchev–Trinajstić information content (AvgIpc) is 3.25.